The molecule has 0 bridgehead atoms. The van der Waals surface area contributed by atoms with Gasteiger partial charge in [-0.25, -0.2) is 0 Å². The second kappa shape index (κ2) is 3.87. The SMILES string of the molecule is O=C(c1ccoc1)c1cncc2ccccc12. The Balaban J connectivity index is 2.21. The minimum atomic E-state index is -0.0666. The van der Waals surface area contributed by atoms with Crippen LogP contribution >= 0.6 is 0 Å². The van der Waals surface area contributed by atoms with Gasteiger partial charge in [0.25, 0.3) is 0 Å². The Morgan fingerprint density at radius 3 is 2.82 bits per heavy atom. The van der Waals surface area contributed by atoms with Crippen LogP contribution in [0.1, 0.15) is 15.9 Å². The molecule has 0 unspecified atom stereocenters. The lowest BCUT2D eigenvalue weighted by atomic mass is 10.0. The van der Waals surface area contributed by atoms with Crippen molar-refractivity contribution in [1.29, 1.82) is 0 Å². The molecule has 17 heavy (non-hydrogen) atoms. The van der Waals surface area contributed by atoms with Gasteiger partial charge in [-0.3, -0.25) is 9.78 Å². The predicted molar refractivity (Wildman–Crippen MR) is 63.9 cm³/mol. The molecule has 0 spiro atoms. The molecule has 2 heterocycles. The normalized spacial score (nSPS) is 10.6. The summed E-state index contributed by atoms with van der Waals surface area (Å²) < 4.78 is 4.93. The summed E-state index contributed by atoms with van der Waals surface area (Å²) in [4.78, 5) is 16.3. The largest absolute Gasteiger partial charge is 0.472 e. The summed E-state index contributed by atoms with van der Waals surface area (Å²) in [6, 6.07) is 9.35. The number of aromatic nitrogens is 1. The van der Waals surface area contributed by atoms with Gasteiger partial charge in [0.2, 0.25) is 0 Å². The molecule has 0 atom stereocenters. The Morgan fingerprint density at radius 2 is 2.00 bits per heavy atom. The van der Waals surface area contributed by atoms with Crippen molar-refractivity contribution < 1.29 is 9.21 Å². The minimum absolute atomic E-state index is 0.0666. The fourth-order valence-electron chi connectivity index (χ4n) is 1.85. The van der Waals surface area contributed by atoms with E-state index in [2.05, 4.69) is 4.98 Å². The number of ketones is 1. The maximum atomic E-state index is 12.2. The highest BCUT2D eigenvalue weighted by Crippen LogP contribution is 2.20. The van der Waals surface area contributed by atoms with Crippen LogP contribution in [0.2, 0.25) is 0 Å². The van der Waals surface area contributed by atoms with E-state index in [1.807, 2.05) is 24.3 Å². The van der Waals surface area contributed by atoms with Crippen LogP contribution in [0.25, 0.3) is 10.8 Å². The number of carbonyl (C=O) groups is 1. The first-order chi connectivity index (χ1) is 8.36. The summed E-state index contributed by atoms with van der Waals surface area (Å²) in [6.45, 7) is 0. The lowest BCUT2D eigenvalue weighted by Crippen LogP contribution is -2.01. The fraction of sp³-hybridized carbons (Fsp3) is 0. The molecule has 0 aliphatic carbocycles. The average Bonchev–Trinajstić information content (AvgIpc) is 2.91. The van der Waals surface area contributed by atoms with Crippen LogP contribution in [0.5, 0.6) is 0 Å². The van der Waals surface area contributed by atoms with Crippen molar-refractivity contribution in [3.8, 4) is 0 Å². The second-order valence-corrected chi connectivity index (χ2v) is 3.75. The molecule has 0 fully saturated rings. The molecular formula is C14H9NO2. The fourth-order valence-corrected chi connectivity index (χ4v) is 1.85. The van der Waals surface area contributed by atoms with Crippen molar-refractivity contribution in [3.63, 3.8) is 0 Å². The molecular weight excluding hydrogens is 214 g/mol. The third-order valence-corrected chi connectivity index (χ3v) is 2.70. The minimum Gasteiger partial charge on any atom is -0.472 e. The van der Waals surface area contributed by atoms with Gasteiger partial charge in [0.1, 0.15) is 6.26 Å². The molecule has 0 N–H and O–H groups in total. The maximum Gasteiger partial charge on any atom is 0.198 e. The average molecular weight is 223 g/mol. The van der Waals surface area contributed by atoms with Gasteiger partial charge in [-0.05, 0) is 11.5 Å². The van der Waals surface area contributed by atoms with Crippen molar-refractivity contribution in [3.05, 3.63) is 66.4 Å². The van der Waals surface area contributed by atoms with Gasteiger partial charge in [-0.1, -0.05) is 24.3 Å². The number of benzene rings is 1. The van der Waals surface area contributed by atoms with Crippen LogP contribution in [0.15, 0.2) is 59.7 Å². The third kappa shape index (κ3) is 1.61. The van der Waals surface area contributed by atoms with E-state index in [1.165, 1.54) is 12.5 Å². The first kappa shape index (κ1) is 9.78. The molecule has 0 aliphatic heterocycles. The Labute approximate surface area is 97.7 Å². The highest BCUT2D eigenvalue weighted by molar-refractivity contribution is 6.15. The van der Waals surface area contributed by atoms with Gasteiger partial charge in [-0.15, -0.1) is 0 Å². The van der Waals surface area contributed by atoms with Gasteiger partial charge in [0, 0.05) is 23.3 Å². The molecule has 1 aromatic carbocycles. The topological polar surface area (TPSA) is 43.1 Å². The number of carbonyl (C=O) groups excluding carboxylic acids is 1. The Bertz CT molecular complexity index is 666. The van der Waals surface area contributed by atoms with E-state index in [0.717, 1.165) is 10.8 Å². The number of nitrogens with zero attached hydrogens (tertiary/aromatic N) is 1. The van der Waals surface area contributed by atoms with Crippen molar-refractivity contribution >= 4 is 16.6 Å². The molecule has 3 nitrogen and oxygen atoms in total. The van der Waals surface area contributed by atoms with Crippen molar-refractivity contribution in [1.82, 2.24) is 4.98 Å². The maximum absolute atomic E-state index is 12.2. The van der Waals surface area contributed by atoms with Gasteiger partial charge in [0.15, 0.2) is 5.78 Å². The van der Waals surface area contributed by atoms with E-state index in [-0.39, 0.29) is 5.78 Å². The molecule has 0 aliphatic rings. The van der Waals surface area contributed by atoms with Crippen LogP contribution in [0.3, 0.4) is 0 Å². The highest BCUT2D eigenvalue weighted by Gasteiger charge is 2.13. The smallest absolute Gasteiger partial charge is 0.198 e. The Kier molecular flexibility index (Phi) is 2.22. The summed E-state index contributed by atoms with van der Waals surface area (Å²) in [5.74, 6) is -0.0666. The molecule has 3 heteroatoms. The van der Waals surface area contributed by atoms with Gasteiger partial charge in [-0.2, -0.15) is 0 Å². The highest BCUT2D eigenvalue weighted by atomic mass is 16.3. The second-order valence-electron chi connectivity index (χ2n) is 3.75. The van der Waals surface area contributed by atoms with E-state index in [4.69, 9.17) is 4.42 Å². The van der Waals surface area contributed by atoms with Crippen molar-refractivity contribution in [2.24, 2.45) is 0 Å². The Hall–Kier alpha value is -2.42. The number of rotatable bonds is 2. The number of hydrogen-bond donors (Lipinski definition) is 0. The van der Waals surface area contributed by atoms with Crippen molar-refractivity contribution in [2.75, 3.05) is 0 Å². The van der Waals surface area contributed by atoms with Gasteiger partial charge >= 0.3 is 0 Å². The zero-order chi connectivity index (χ0) is 11.7. The third-order valence-electron chi connectivity index (χ3n) is 2.70. The van der Waals surface area contributed by atoms with E-state index < -0.39 is 0 Å². The standard InChI is InChI=1S/C14H9NO2/c16-14(11-5-6-17-9-11)13-8-15-7-10-3-1-2-4-12(10)13/h1-9H. The van der Waals surface area contributed by atoms with Gasteiger partial charge < -0.3 is 4.42 Å². The van der Waals surface area contributed by atoms with E-state index in [9.17, 15) is 4.79 Å². The van der Waals surface area contributed by atoms with Crippen LogP contribution in [-0.4, -0.2) is 10.8 Å². The van der Waals surface area contributed by atoms with Crippen molar-refractivity contribution in [2.45, 2.75) is 0 Å². The summed E-state index contributed by atoms with van der Waals surface area (Å²) >= 11 is 0. The number of pyridine rings is 1. The monoisotopic (exact) mass is 223 g/mol. The molecule has 0 radical (unpaired) electrons. The quantitative estimate of drug-likeness (QED) is 0.627. The zero-order valence-corrected chi connectivity index (χ0v) is 8.96. The molecule has 3 rings (SSSR count). The van der Waals surface area contributed by atoms with Gasteiger partial charge in [0.05, 0.1) is 11.8 Å². The Morgan fingerprint density at radius 1 is 1.12 bits per heavy atom. The molecule has 82 valence electrons. The number of furan rings is 1. The lowest BCUT2D eigenvalue weighted by molar-refractivity contribution is 0.103. The summed E-state index contributed by atoms with van der Waals surface area (Å²) in [6.07, 6.45) is 6.29. The first-order valence-corrected chi connectivity index (χ1v) is 5.26. The summed E-state index contributed by atoms with van der Waals surface area (Å²) in [5.41, 5.74) is 1.15. The zero-order valence-electron chi connectivity index (χ0n) is 8.96. The number of hydrogen-bond acceptors (Lipinski definition) is 3. The predicted octanol–water partition coefficient (Wildman–Crippen LogP) is 3.06. The first-order valence-electron chi connectivity index (χ1n) is 5.26. The molecule has 0 saturated heterocycles. The van der Waals surface area contributed by atoms with Crippen LogP contribution < -0.4 is 0 Å². The van der Waals surface area contributed by atoms with E-state index in [0.29, 0.717) is 11.1 Å². The molecule has 0 amide bonds. The van der Waals surface area contributed by atoms with Crippen LogP contribution in [0, 0.1) is 0 Å². The molecule has 3 aromatic rings. The van der Waals surface area contributed by atoms with Crippen LogP contribution in [-0.2, 0) is 0 Å². The lowest BCUT2D eigenvalue weighted by Gasteiger charge is -2.03. The van der Waals surface area contributed by atoms with E-state index >= 15 is 0 Å². The van der Waals surface area contributed by atoms with E-state index in [1.54, 1.807) is 18.5 Å². The van der Waals surface area contributed by atoms with Crippen LogP contribution in [0.4, 0.5) is 0 Å². The number of fused-ring (bicyclic) bond motifs is 1. The summed E-state index contributed by atoms with van der Waals surface area (Å²) in [7, 11) is 0. The molecule has 2 aromatic heterocycles. The molecule has 0 saturated carbocycles. The summed E-state index contributed by atoms with van der Waals surface area (Å²) in [5, 5.41) is 1.87.